The number of nitrogens with zero attached hydrogens (tertiary/aromatic N) is 1. The molecular formula is C59H63N. The topological polar surface area (TPSA) is 3.24 Å². The van der Waals surface area contributed by atoms with E-state index in [1.807, 2.05) is 0 Å². The molecule has 1 nitrogen and oxygen atoms in total. The molecule has 0 heterocycles. The molecule has 60 heavy (non-hydrogen) atoms. The Morgan fingerprint density at radius 2 is 0.733 bits per heavy atom. The maximum Gasteiger partial charge on any atom is 0.0467 e. The largest absolute Gasteiger partial charge is 0.310 e. The lowest BCUT2D eigenvalue weighted by Crippen LogP contribution is -2.26. The van der Waals surface area contributed by atoms with Gasteiger partial charge in [-0.05, 0) is 111 Å². The predicted octanol–water partition coefficient (Wildman–Crippen LogP) is 17.9. The monoisotopic (exact) mass is 785 g/mol. The smallest absolute Gasteiger partial charge is 0.0467 e. The third kappa shape index (κ3) is 9.22. The van der Waals surface area contributed by atoms with E-state index in [2.05, 4.69) is 195 Å². The van der Waals surface area contributed by atoms with Crippen LogP contribution in [0.1, 0.15) is 115 Å². The van der Waals surface area contributed by atoms with Gasteiger partial charge in [0.05, 0.1) is 0 Å². The molecule has 0 N–H and O–H groups in total. The summed E-state index contributed by atoms with van der Waals surface area (Å²) in [5.41, 5.74) is 16.9. The van der Waals surface area contributed by atoms with Gasteiger partial charge in [-0.15, -0.1) is 0 Å². The van der Waals surface area contributed by atoms with Crippen LogP contribution in [0.3, 0.4) is 0 Å². The van der Waals surface area contributed by atoms with Crippen LogP contribution in [-0.2, 0) is 5.41 Å². The summed E-state index contributed by atoms with van der Waals surface area (Å²) >= 11 is 0. The van der Waals surface area contributed by atoms with E-state index in [9.17, 15) is 0 Å². The van der Waals surface area contributed by atoms with Crippen LogP contribution in [-0.4, -0.2) is 0 Å². The molecule has 0 aliphatic heterocycles. The van der Waals surface area contributed by atoms with Crippen LogP contribution in [0.15, 0.2) is 176 Å². The van der Waals surface area contributed by atoms with Crippen LogP contribution in [0.2, 0.25) is 0 Å². The van der Waals surface area contributed by atoms with Crippen molar-refractivity contribution >= 4 is 17.1 Å². The molecule has 0 atom stereocenters. The fourth-order valence-corrected chi connectivity index (χ4v) is 9.90. The fraction of sp³-hybridized carbons (Fsp3) is 0.288. The summed E-state index contributed by atoms with van der Waals surface area (Å²) in [7, 11) is 0. The van der Waals surface area contributed by atoms with Gasteiger partial charge in [-0.25, -0.2) is 0 Å². The molecule has 1 aliphatic carbocycles. The Labute approximate surface area is 361 Å². The van der Waals surface area contributed by atoms with Crippen molar-refractivity contribution in [2.75, 3.05) is 4.90 Å². The van der Waals surface area contributed by atoms with Crippen LogP contribution in [0, 0.1) is 0 Å². The minimum absolute atomic E-state index is 0.00866. The molecule has 7 aromatic rings. The maximum atomic E-state index is 2.60. The van der Waals surface area contributed by atoms with Crippen molar-refractivity contribution in [3.8, 4) is 44.5 Å². The van der Waals surface area contributed by atoms with Crippen molar-refractivity contribution < 1.29 is 0 Å². The van der Waals surface area contributed by atoms with E-state index in [1.54, 1.807) is 5.56 Å². The molecule has 0 radical (unpaired) electrons. The van der Waals surface area contributed by atoms with E-state index >= 15 is 0 Å². The normalized spacial score (nSPS) is 12.6. The zero-order chi connectivity index (χ0) is 41.0. The molecule has 0 spiro atoms. The standard InChI is InChI=1S/C59H63N/c1-3-5-7-9-11-21-40-59(41-22-12-10-8-6-4-2)57-37-20-19-36-55(57)56-39-38-54(45-58(56)59)60(52-34-24-32-50(43-52)47-28-17-14-18-29-47)53-35-25-33-51(44-53)49-31-23-30-48(42-49)46-26-15-13-16-27-46/h13-20,23-39,42-45H,3-12,21-22,40-41H2,1-2H3. The summed E-state index contributed by atoms with van der Waals surface area (Å²) in [5.74, 6) is 0. The van der Waals surface area contributed by atoms with Gasteiger partial charge in [0.15, 0.2) is 0 Å². The van der Waals surface area contributed by atoms with Gasteiger partial charge in [-0.3, -0.25) is 0 Å². The van der Waals surface area contributed by atoms with E-state index in [1.165, 1.54) is 151 Å². The lowest BCUT2D eigenvalue weighted by Gasteiger charge is -2.34. The van der Waals surface area contributed by atoms with Crippen molar-refractivity contribution in [1.29, 1.82) is 0 Å². The van der Waals surface area contributed by atoms with Gasteiger partial charge in [0.1, 0.15) is 0 Å². The quantitative estimate of drug-likeness (QED) is 0.0696. The van der Waals surface area contributed by atoms with E-state index in [4.69, 9.17) is 0 Å². The molecule has 0 aromatic heterocycles. The summed E-state index contributed by atoms with van der Waals surface area (Å²) in [5, 5.41) is 0. The molecule has 8 rings (SSSR count). The molecule has 0 amide bonds. The summed E-state index contributed by atoms with van der Waals surface area (Å²) in [6, 6.07) is 65.7. The Bertz CT molecular complexity index is 2410. The summed E-state index contributed by atoms with van der Waals surface area (Å²) < 4.78 is 0. The third-order valence-electron chi connectivity index (χ3n) is 13.0. The molecule has 0 fully saturated rings. The first-order valence-electron chi connectivity index (χ1n) is 23.1. The SMILES string of the molecule is CCCCCCCCC1(CCCCCCCC)c2ccccc2-c2ccc(N(c3cccc(-c4ccccc4)c3)c3cccc(-c4cccc(-c5ccccc5)c4)c3)cc21. The zero-order valence-electron chi connectivity index (χ0n) is 36.1. The molecule has 0 unspecified atom stereocenters. The number of anilines is 3. The van der Waals surface area contributed by atoms with Gasteiger partial charge < -0.3 is 4.90 Å². The van der Waals surface area contributed by atoms with Crippen molar-refractivity contribution in [2.24, 2.45) is 0 Å². The summed E-state index contributed by atoms with van der Waals surface area (Å²) in [4.78, 5) is 2.51. The van der Waals surface area contributed by atoms with E-state index in [0.717, 1.165) is 5.69 Å². The third-order valence-corrected chi connectivity index (χ3v) is 13.0. The average molecular weight is 786 g/mol. The Morgan fingerprint density at radius 3 is 1.32 bits per heavy atom. The van der Waals surface area contributed by atoms with Crippen molar-refractivity contribution in [3.63, 3.8) is 0 Å². The maximum absolute atomic E-state index is 2.60. The summed E-state index contributed by atoms with van der Waals surface area (Å²) in [6.07, 6.45) is 18.2. The lowest BCUT2D eigenvalue weighted by atomic mass is 9.70. The Kier molecular flexibility index (Phi) is 13.7. The first-order valence-corrected chi connectivity index (χ1v) is 23.1. The molecule has 304 valence electrons. The molecule has 1 heteroatoms. The average Bonchev–Trinajstić information content (AvgIpc) is 3.58. The highest BCUT2D eigenvalue weighted by atomic mass is 15.1. The molecule has 0 saturated carbocycles. The Balaban J connectivity index is 1.24. The van der Waals surface area contributed by atoms with E-state index < -0.39 is 0 Å². The number of hydrogen-bond donors (Lipinski definition) is 0. The highest BCUT2D eigenvalue weighted by Crippen LogP contribution is 2.55. The van der Waals surface area contributed by atoms with Crippen LogP contribution in [0.4, 0.5) is 17.1 Å². The van der Waals surface area contributed by atoms with Crippen LogP contribution in [0.25, 0.3) is 44.5 Å². The molecule has 0 bridgehead atoms. The van der Waals surface area contributed by atoms with Gasteiger partial charge in [-0.1, -0.05) is 224 Å². The molecular weight excluding hydrogens is 723 g/mol. The minimum Gasteiger partial charge on any atom is -0.310 e. The highest BCUT2D eigenvalue weighted by molar-refractivity contribution is 5.88. The van der Waals surface area contributed by atoms with Crippen molar-refractivity contribution in [1.82, 2.24) is 0 Å². The second-order valence-corrected chi connectivity index (χ2v) is 17.1. The number of rotatable bonds is 20. The molecule has 7 aromatic carbocycles. The van der Waals surface area contributed by atoms with Gasteiger partial charge in [-0.2, -0.15) is 0 Å². The predicted molar refractivity (Wildman–Crippen MR) is 260 cm³/mol. The van der Waals surface area contributed by atoms with Crippen molar-refractivity contribution in [3.05, 3.63) is 187 Å². The second kappa shape index (κ2) is 20.1. The fourth-order valence-electron chi connectivity index (χ4n) is 9.90. The van der Waals surface area contributed by atoms with Crippen LogP contribution < -0.4 is 4.90 Å². The number of unbranched alkanes of at least 4 members (excludes halogenated alkanes) is 10. The number of benzene rings is 7. The first-order chi connectivity index (χ1) is 29.7. The van der Waals surface area contributed by atoms with Gasteiger partial charge in [0.25, 0.3) is 0 Å². The number of hydrogen-bond acceptors (Lipinski definition) is 1. The molecule has 0 saturated heterocycles. The Hall–Kier alpha value is -5.66. The van der Waals surface area contributed by atoms with E-state index in [-0.39, 0.29) is 5.41 Å². The van der Waals surface area contributed by atoms with Crippen LogP contribution >= 0.6 is 0 Å². The molecule has 1 aliphatic rings. The number of fused-ring (bicyclic) bond motifs is 3. The lowest BCUT2D eigenvalue weighted by molar-refractivity contribution is 0.398. The first kappa shape index (κ1) is 41.1. The van der Waals surface area contributed by atoms with Crippen LogP contribution in [0.5, 0.6) is 0 Å². The van der Waals surface area contributed by atoms with Crippen molar-refractivity contribution in [2.45, 2.75) is 109 Å². The Morgan fingerprint density at radius 1 is 0.317 bits per heavy atom. The highest BCUT2D eigenvalue weighted by Gasteiger charge is 2.42. The second-order valence-electron chi connectivity index (χ2n) is 17.1. The van der Waals surface area contributed by atoms with Gasteiger partial charge in [0.2, 0.25) is 0 Å². The zero-order valence-corrected chi connectivity index (χ0v) is 36.1. The van der Waals surface area contributed by atoms with Gasteiger partial charge in [0, 0.05) is 22.5 Å². The summed E-state index contributed by atoms with van der Waals surface area (Å²) in [6.45, 7) is 4.64. The van der Waals surface area contributed by atoms with E-state index in [0.29, 0.717) is 0 Å². The minimum atomic E-state index is 0.00866. The van der Waals surface area contributed by atoms with Gasteiger partial charge >= 0.3 is 0 Å².